The van der Waals surface area contributed by atoms with Crippen LogP contribution in [0, 0.1) is 6.92 Å². The zero-order chi connectivity index (χ0) is 26.3. The highest BCUT2D eigenvalue weighted by Gasteiger charge is 2.46. The first-order valence-corrected chi connectivity index (χ1v) is 13.3. The average molecular weight is 543 g/mol. The number of ketones is 1. The fraction of sp³-hybridized carbons (Fsp3) is 0.706. The van der Waals surface area contributed by atoms with Crippen molar-refractivity contribution >= 4 is 21.4 Å². The topological polar surface area (TPSA) is 239 Å². The van der Waals surface area contributed by atoms with E-state index in [1.165, 1.54) is 27.0 Å². The highest BCUT2D eigenvalue weighted by atomic mass is 31.3. The summed E-state index contributed by atoms with van der Waals surface area (Å²) in [5.74, 6) is -0.463. The van der Waals surface area contributed by atoms with Gasteiger partial charge in [-0.3, -0.25) is 28.2 Å². The molecule has 6 N–H and O–H groups in total. The summed E-state index contributed by atoms with van der Waals surface area (Å²) in [5.41, 5.74) is 3.24. The van der Waals surface area contributed by atoms with E-state index in [1.807, 2.05) is 0 Å². The third kappa shape index (κ3) is 6.81. The Labute approximate surface area is 198 Å². The molecular formula is C17H27N3O13P2. The molecule has 2 aliphatic heterocycles. The van der Waals surface area contributed by atoms with Gasteiger partial charge in [-0.05, 0) is 20.8 Å². The molecule has 0 aromatic carbocycles. The number of carbonyl (C=O) groups excluding carboxylic acids is 1. The number of ether oxygens (including phenoxy) is 2. The van der Waals surface area contributed by atoms with Gasteiger partial charge in [0, 0.05) is 24.6 Å². The number of aliphatic hydroxyl groups is 1. The van der Waals surface area contributed by atoms with Crippen LogP contribution in [0.15, 0.2) is 15.8 Å². The van der Waals surface area contributed by atoms with Crippen molar-refractivity contribution in [2.45, 2.75) is 70.0 Å². The van der Waals surface area contributed by atoms with Crippen molar-refractivity contribution in [2.75, 3.05) is 6.61 Å². The smallest absolute Gasteiger partial charge is 0.390 e. The van der Waals surface area contributed by atoms with E-state index >= 15 is 0 Å². The van der Waals surface area contributed by atoms with Crippen molar-refractivity contribution in [1.82, 2.24) is 9.55 Å². The molecule has 16 nitrogen and oxygen atoms in total. The van der Waals surface area contributed by atoms with Crippen LogP contribution < -0.4 is 17.0 Å². The molecule has 0 spiro atoms. The number of Topliss-reactive ketones (excluding diaryl/α,β-unsaturated/α-hetero) is 1. The number of carbonyl (C=O) groups is 1. The summed E-state index contributed by atoms with van der Waals surface area (Å²) in [7, 11) is -10.5. The van der Waals surface area contributed by atoms with Crippen LogP contribution in [0.5, 0.6) is 0 Å². The molecule has 0 bridgehead atoms. The SMILES string of the molecule is Cc1cn([C@H]2C[C@H](O)[C@@H](COP(=O)(O)OP(=O)(O)OC3C[C@](C)(N)C(=O)[C@H](C)O3)O2)c(=O)[nH]c1=O. The monoisotopic (exact) mass is 543 g/mol. The lowest BCUT2D eigenvalue weighted by atomic mass is 9.88. The Morgan fingerprint density at radius 2 is 1.91 bits per heavy atom. The second-order valence-electron chi connectivity index (χ2n) is 8.52. The van der Waals surface area contributed by atoms with Gasteiger partial charge >= 0.3 is 21.3 Å². The van der Waals surface area contributed by atoms with Gasteiger partial charge in [0.15, 0.2) is 12.1 Å². The maximum absolute atomic E-state index is 12.2. The summed E-state index contributed by atoms with van der Waals surface area (Å²) in [4.78, 5) is 57.3. The summed E-state index contributed by atoms with van der Waals surface area (Å²) in [6, 6.07) is 0. The molecule has 2 saturated heterocycles. The van der Waals surface area contributed by atoms with E-state index in [2.05, 4.69) is 13.8 Å². The molecule has 2 fully saturated rings. The molecule has 3 unspecified atom stereocenters. The molecular weight excluding hydrogens is 516 g/mol. The van der Waals surface area contributed by atoms with Crippen LogP contribution in [0.2, 0.25) is 0 Å². The molecule has 198 valence electrons. The van der Waals surface area contributed by atoms with Crippen molar-refractivity contribution in [3.63, 3.8) is 0 Å². The van der Waals surface area contributed by atoms with Gasteiger partial charge in [-0.1, -0.05) is 0 Å². The number of aliphatic hydroxyl groups excluding tert-OH is 1. The molecule has 1 aromatic heterocycles. The number of phosphoric ester groups is 2. The second-order valence-corrected chi connectivity index (χ2v) is 11.5. The number of aryl methyl sites for hydroxylation is 1. The van der Waals surface area contributed by atoms with Crippen LogP contribution in [0.25, 0.3) is 0 Å². The number of aromatic nitrogens is 2. The first kappa shape index (κ1) is 28.0. The molecule has 3 heterocycles. The minimum atomic E-state index is -5.25. The number of rotatable bonds is 8. The van der Waals surface area contributed by atoms with Crippen LogP contribution in [-0.2, 0) is 36.8 Å². The number of hydrogen-bond acceptors (Lipinski definition) is 12. The molecule has 0 saturated carbocycles. The average Bonchev–Trinajstić information content (AvgIpc) is 3.06. The molecule has 0 radical (unpaired) electrons. The molecule has 35 heavy (non-hydrogen) atoms. The van der Waals surface area contributed by atoms with Gasteiger partial charge in [0.05, 0.1) is 18.2 Å². The first-order chi connectivity index (χ1) is 16.0. The molecule has 0 aliphatic carbocycles. The Balaban J connectivity index is 1.58. The molecule has 18 heteroatoms. The van der Waals surface area contributed by atoms with Gasteiger partial charge in [-0.2, -0.15) is 4.31 Å². The molecule has 1 aromatic rings. The van der Waals surface area contributed by atoms with Crippen molar-refractivity contribution in [1.29, 1.82) is 0 Å². The Hall–Kier alpha value is -1.55. The normalized spacial score (nSPS) is 34.9. The number of H-pyrrole nitrogens is 1. The lowest BCUT2D eigenvalue weighted by Gasteiger charge is -2.37. The Morgan fingerprint density at radius 3 is 2.54 bits per heavy atom. The van der Waals surface area contributed by atoms with Crippen LogP contribution in [-0.4, -0.2) is 67.0 Å². The largest absolute Gasteiger partial charge is 0.483 e. The highest BCUT2D eigenvalue weighted by Crippen LogP contribution is 2.61. The van der Waals surface area contributed by atoms with E-state index in [4.69, 9.17) is 19.7 Å². The van der Waals surface area contributed by atoms with Gasteiger partial charge in [-0.25, -0.2) is 13.9 Å². The summed E-state index contributed by atoms with van der Waals surface area (Å²) >= 11 is 0. The number of hydrogen-bond donors (Lipinski definition) is 5. The maximum Gasteiger partial charge on any atom is 0.483 e. The Kier molecular flexibility index (Phi) is 8.07. The standard InChI is InChI=1S/C17H27N3O13P2/c1-8-6-20(16(24)19-15(8)23)12-4-10(21)11(31-12)7-29-34(25,26)33-35(27,28)32-13-5-17(3,18)14(22)9(2)30-13/h6,9-13,21H,4-5,7,18H2,1-3H3,(H,25,26)(H,27,28)(H,19,23,24)/t9-,10-,11+,12+,13?,17-/m0/s1. The van der Waals surface area contributed by atoms with Gasteiger partial charge in [0.2, 0.25) is 0 Å². The second kappa shape index (κ2) is 10.1. The summed E-state index contributed by atoms with van der Waals surface area (Å²) < 4.78 is 49.8. The van der Waals surface area contributed by atoms with Gasteiger partial charge in [0.25, 0.3) is 5.56 Å². The molecule has 8 atom stereocenters. The third-order valence-corrected chi connectivity index (χ3v) is 8.03. The van der Waals surface area contributed by atoms with Gasteiger partial charge in [0.1, 0.15) is 18.4 Å². The zero-order valence-electron chi connectivity index (χ0n) is 18.9. The van der Waals surface area contributed by atoms with Gasteiger partial charge in [-0.15, -0.1) is 0 Å². The first-order valence-electron chi connectivity index (χ1n) is 10.3. The van der Waals surface area contributed by atoms with Crippen molar-refractivity contribution in [3.8, 4) is 0 Å². The summed E-state index contributed by atoms with van der Waals surface area (Å²) in [6.45, 7) is 3.42. The summed E-state index contributed by atoms with van der Waals surface area (Å²) in [6.07, 6.45) is -5.27. The maximum atomic E-state index is 12.2. The Morgan fingerprint density at radius 1 is 1.26 bits per heavy atom. The number of phosphoric acid groups is 2. The number of nitrogens with one attached hydrogen (secondary N) is 1. The molecule has 0 amide bonds. The van der Waals surface area contributed by atoms with Crippen LogP contribution in [0.3, 0.4) is 0 Å². The highest BCUT2D eigenvalue weighted by molar-refractivity contribution is 7.61. The van der Waals surface area contributed by atoms with Gasteiger partial charge < -0.3 is 30.1 Å². The molecule has 3 rings (SSSR count). The zero-order valence-corrected chi connectivity index (χ0v) is 20.7. The Bertz CT molecular complexity index is 1180. The minimum Gasteiger partial charge on any atom is -0.390 e. The van der Waals surface area contributed by atoms with E-state index in [0.717, 1.165) is 4.57 Å². The summed E-state index contributed by atoms with van der Waals surface area (Å²) in [5, 5.41) is 10.2. The third-order valence-electron chi connectivity index (χ3n) is 5.40. The lowest BCUT2D eigenvalue weighted by Crippen LogP contribution is -2.57. The van der Waals surface area contributed by atoms with E-state index in [9.17, 15) is 38.4 Å². The van der Waals surface area contributed by atoms with E-state index in [-0.39, 0.29) is 18.4 Å². The number of aromatic amines is 1. The lowest BCUT2D eigenvalue weighted by molar-refractivity contribution is -0.179. The van der Waals surface area contributed by atoms with Crippen LogP contribution in [0.1, 0.15) is 38.5 Å². The fourth-order valence-corrected chi connectivity index (χ4v) is 5.78. The van der Waals surface area contributed by atoms with Crippen molar-refractivity contribution < 1.29 is 51.6 Å². The predicted octanol–water partition coefficient (Wildman–Crippen LogP) is -0.835. The fourth-order valence-electron chi connectivity index (χ4n) is 3.64. The number of nitrogens with zero attached hydrogens (tertiary/aromatic N) is 1. The van der Waals surface area contributed by atoms with E-state index in [0.29, 0.717) is 0 Å². The van der Waals surface area contributed by atoms with Crippen molar-refractivity contribution in [3.05, 3.63) is 32.6 Å². The quantitative estimate of drug-likeness (QED) is 0.251. The van der Waals surface area contributed by atoms with Crippen LogP contribution in [0.4, 0.5) is 0 Å². The van der Waals surface area contributed by atoms with E-state index < -0.39 is 75.7 Å². The minimum absolute atomic E-state index is 0.120. The van der Waals surface area contributed by atoms with E-state index in [1.54, 1.807) is 0 Å². The van der Waals surface area contributed by atoms with Crippen molar-refractivity contribution in [2.24, 2.45) is 5.73 Å². The van der Waals surface area contributed by atoms with Crippen LogP contribution >= 0.6 is 15.6 Å². The molecule has 2 aliphatic rings. The number of nitrogens with two attached hydrogens (primary N) is 1. The predicted molar refractivity (Wildman–Crippen MR) is 115 cm³/mol.